The molecule has 1 N–H and O–H groups in total. The number of carbonyl (C=O) groups is 1. The fourth-order valence-electron chi connectivity index (χ4n) is 9.47. The lowest BCUT2D eigenvalue weighted by atomic mass is 9.47. The molecule has 0 bridgehead atoms. The zero-order valence-corrected chi connectivity index (χ0v) is 23.9. The van der Waals surface area contributed by atoms with E-state index in [0.717, 1.165) is 55.8 Å². The number of hydrogen-bond donors (Lipinski definition) is 1. The predicted molar refractivity (Wildman–Crippen MR) is 150 cm³/mol. The Labute approximate surface area is 225 Å². The van der Waals surface area contributed by atoms with E-state index in [1.54, 1.807) is 5.57 Å². The Kier molecular flexibility index (Phi) is 7.66. The van der Waals surface area contributed by atoms with E-state index in [-0.39, 0.29) is 23.6 Å². The molecule has 3 heteroatoms. The molecule has 0 aliphatic heterocycles. The highest BCUT2D eigenvalue weighted by molar-refractivity contribution is 5.89. The van der Waals surface area contributed by atoms with Gasteiger partial charge in [0, 0.05) is 6.42 Å². The molecule has 3 fully saturated rings. The molecule has 1 aromatic carbocycles. The number of carbonyl (C=O) groups excluding carboxylic acids is 1. The first-order valence-electron chi connectivity index (χ1n) is 15.3. The number of benzene rings is 1. The van der Waals surface area contributed by atoms with E-state index < -0.39 is 0 Å². The minimum Gasteiger partial charge on any atom is -0.458 e. The third kappa shape index (κ3) is 4.95. The molecule has 37 heavy (non-hydrogen) atoms. The summed E-state index contributed by atoms with van der Waals surface area (Å²) in [6.45, 7) is 11.9. The summed E-state index contributed by atoms with van der Waals surface area (Å²) in [5.74, 6) is 4.07. The first-order chi connectivity index (χ1) is 17.6. The van der Waals surface area contributed by atoms with Gasteiger partial charge in [0.15, 0.2) is 0 Å². The van der Waals surface area contributed by atoms with E-state index in [4.69, 9.17) is 4.74 Å². The summed E-state index contributed by atoms with van der Waals surface area (Å²) in [7, 11) is 0. The molecule has 1 aromatic rings. The molecule has 4 aliphatic carbocycles. The fraction of sp³-hybridized carbons (Fsp3) is 0.735. The summed E-state index contributed by atoms with van der Waals surface area (Å²) < 4.78 is 5.99. The SMILES string of the molecule is CC(C)C(O)CC[C@@H](C)[C@H]1CC[C@H]2[C@@H]3CC=C4CC(OC(=O)c5ccccc5)CC[C@]4(C)[C@H]3CC[C@]12C. The number of hydrogen-bond acceptors (Lipinski definition) is 3. The van der Waals surface area contributed by atoms with Crippen molar-refractivity contribution in [3.8, 4) is 0 Å². The van der Waals surface area contributed by atoms with Crippen molar-refractivity contribution in [1.82, 2.24) is 0 Å². The maximum absolute atomic E-state index is 12.7. The average molecular weight is 507 g/mol. The first-order valence-corrected chi connectivity index (χ1v) is 15.3. The van der Waals surface area contributed by atoms with Crippen molar-refractivity contribution in [1.29, 1.82) is 0 Å². The second-order valence-electron chi connectivity index (χ2n) is 14.0. The topological polar surface area (TPSA) is 46.5 Å². The Balaban J connectivity index is 1.25. The molecule has 0 heterocycles. The molecule has 9 atom stereocenters. The van der Waals surface area contributed by atoms with Gasteiger partial charge in [-0.05, 0) is 116 Å². The van der Waals surface area contributed by atoms with Gasteiger partial charge in [0.25, 0.3) is 0 Å². The monoisotopic (exact) mass is 506 g/mol. The third-order valence-corrected chi connectivity index (χ3v) is 11.8. The molecule has 0 radical (unpaired) electrons. The molecule has 4 aliphatic rings. The second kappa shape index (κ2) is 10.5. The normalized spacial score (nSPS) is 38.7. The molecule has 0 saturated heterocycles. The van der Waals surface area contributed by atoms with Crippen molar-refractivity contribution in [2.24, 2.45) is 46.3 Å². The Hall–Kier alpha value is -1.61. The molecular formula is C34H50O3. The lowest BCUT2D eigenvalue weighted by Gasteiger charge is -2.58. The number of fused-ring (bicyclic) bond motifs is 5. The van der Waals surface area contributed by atoms with E-state index in [2.05, 4.69) is 40.7 Å². The Morgan fingerprint density at radius 2 is 1.76 bits per heavy atom. The molecular weight excluding hydrogens is 456 g/mol. The fourth-order valence-corrected chi connectivity index (χ4v) is 9.47. The zero-order valence-electron chi connectivity index (χ0n) is 23.9. The first kappa shape index (κ1) is 27.0. The van der Waals surface area contributed by atoms with Gasteiger partial charge in [0.2, 0.25) is 0 Å². The predicted octanol–water partition coefficient (Wildman–Crippen LogP) is 8.22. The van der Waals surface area contributed by atoms with Crippen LogP contribution in [0.4, 0.5) is 0 Å². The van der Waals surface area contributed by atoms with Crippen LogP contribution in [0, 0.1) is 46.3 Å². The smallest absolute Gasteiger partial charge is 0.338 e. The van der Waals surface area contributed by atoms with Crippen LogP contribution in [0.5, 0.6) is 0 Å². The number of rotatable bonds is 7. The molecule has 204 valence electrons. The third-order valence-electron chi connectivity index (χ3n) is 11.8. The number of aliphatic hydroxyl groups excluding tert-OH is 1. The quantitative estimate of drug-likeness (QED) is 0.299. The van der Waals surface area contributed by atoms with E-state index in [9.17, 15) is 9.90 Å². The summed E-state index contributed by atoms with van der Waals surface area (Å²) in [5, 5.41) is 10.4. The maximum atomic E-state index is 12.7. The van der Waals surface area contributed by atoms with Crippen LogP contribution in [0.2, 0.25) is 0 Å². The zero-order chi connectivity index (χ0) is 26.4. The minimum absolute atomic E-state index is 0.00957. The van der Waals surface area contributed by atoms with Crippen LogP contribution >= 0.6 is 0 Å². The Morgan fingerprint density at radius 3 is 2.49 bits per heavy atom. The minimum atomic E-state index is -0.177. The van der Waals surface area contributed by atoms with E-state index >= 15 is 0 Å². The van der Waals surface area contributed by atoms with Gasteiger partial charge in [-0.1, -0.05) is 64.5 Å². The van der Waals surface area contributed by atoms with Crippen LogP contribution in [0.25, 0.3) is 0 Å². The second-order valence-corrected chi connectivity index (χ2v) is 14.0. The van der Waals surface area contributed by atoms with Crippen molar-refractivity contribution in [3.63, 3.8) is 0 Å². The molecule has 3 nitrogen and oxygen atoms in total. The lowest BCUT2D eigenvalue weighted by Crippen LogP contribution is -2.51. The highest BCUT2D eigenvalue weighted by atomic mass is 16.5. The van der Waals surface area contributed by atoms with Crippen LogP contribution < -0.4 is 0 Å². The number of esters is 1. The Morgan fingerprint density at radius 1 is 1.00 bits per heavy atom. The largest absolute Gasteiger partial charge is 0.458 e. The van der Waals surface area contributed by atoms with Crippen molar-refractivity contribution < 1.29 is 14.6 Å². The molecule has 3 saturated carbocycles. The van der Waals surface area contributed by atoms with Gasteiger partial charge in [-0.2, -0.15) is 0 Å². The van der Waals surface area contributed by atoms with Crippen LogP contribution in [-0.4, -0.2) is 23.3 Å². The molecule has 0 spiro atoms. The van der Waals surface area contributed by atoms with Crippen molar-refractivity contribution in [3.05, 3.63) is 47.5 Å². The van der Waals surface area contributed by atoms with Gasteiger partial charge < -0.3 is 9.84 Å². The summed E-state index contributed by atoms with van der Waals surface area (Å²) in [5.41, 5.74) is 2.95. The van der Waals surface area contributed by atoms with Crippen molar-refractivity contribution in [2.45, 2.75) is 111 Å². The van der Waals surface area contributed by atoms with Crippen LogP contribution in [0.15, 0.2) is 42.0 Å². The standard InChI is InChI=1S/C34H50O3/c1-22(2)31(35)16-11-23(3)28-14-15-29-27-13-12-25-21-26(37-32(36)24-9-7-6-8-10-24)17-19-33(25,4)30(27)18-20-34(28,29)5/h6-10,12,22-23,26-31,35H,11,13-21H2,1-5H3/t23-,26?,27+,28-,29+,30+,31?,33+,34-/m1/s1. The number of ether oxygens (including phenoxy) is 1. The van der Waals surface area contributed by atoms with Gasteiger partial charge in [-0.3, -0.25) is 0 Å². The van der Waals surface area contributed by atoms with Gasteiger partial charge >= 0.3 is 5.97 Å². The van der Waals surface area contributed by atoms with Gasteiger partial charge in [0.05, 0.1) is 11.7 Å². The lowest BCUT2D eigenvalue weighted by molar-refractivity contribution is -0.0600. The molecule has 0 aromatic heterocycles. The molecule has 2 unspecified atom stereocenters. The number of allylic oxidation sites excluding steroid dienone is 1. The summed E-state index contributed by atoms with van der Waals surface area (Å²) >= 11 is 0. The molecule has 5 rings (SSSR count). The van der Waals surface area contributed by atoms with E-state index in [1.807, 2.05) is 30.3 Å². The van der Waals surface area contributed by atoms with E-state index in [1.165, 1.54) is 32.1 Å². The van der Waals surface area contributed by atoms with Crippen LogP contribution in [0.3, 0.4) is 0 Å². The van der Waals surface area contributed by atoms with Gasteiger partial charge in [0.1, 0.15) is 6.10 Å². The summed E-state index contributed by atoms with van der Waals surface area (Å²) in [6.07, 6.45) is 14.2. The van der Waals surface area contributed by atoms with Crippen molar-refractivity contribution >= 4 is 5.97 Å². The van der Waals surface area contributed by atoms with Crippen molar-refractivity contribution in [2.75, 3.05) is 0 Å². The van der Waals surface area contributed by atoms with E-state index in [0.29, 0.717) is 22.8 Å². The van der Waals surface area contributed by atoms with Crippen LogP contribution in [-0.2, 0) is 4.74 Å². The highest BCUT2D eigenvalue weighted by Crippen LogP contribution is 2.67. The summed E-state index contributed by atoms with van der Waals surface area (Å²) in [6, 6.07) is 9.44. The Bertz CT molecular complexity index is 982. The van der Waals surface area contributed by atoms with Crippen LogP contribution in [0.1, 0.15) is 109 Å². The van der Waals surface area contributed by atoms with Gasteiger partial charge in [-0.25, -0.2) is 4.79 Å². The highest BCUT2D eigenvalue weighted by Gasteiger charge is 2.59. The number of aliphatic hydroxyl groups is 1. The summed E-state index contributed by atoms with van der Waals surface area (Å²) in [4.78, 5) is 12.7. The maximum Gasteiger partial charge on any atom is 0.338 e. The average Bonchev–Trinajstić information content (AvgIpc) is 3.25. The molecule has 0 amide bonds. The van der Waals surface area contributed by atoms with Gasteiger partial charge in [-0.15, -0.1) is 0 Å².